The number of quaternary nitrogens is 1. The Morgan fingerprint density at radius 1 is 1.04 bits per heavy atom. The molecule has 0 saturated carbocycles. The average Bonchev–Trinajstić information content (AvgIpc) is 2.57. The smallest absolute Gasteiger partial charge is 0.494 e. The molecule has 0 heterocycles. The molecule has 1 amide bonds. The second-order valence-electron chi connectivity index (χ2n) is 6.01. The molecule has 0 saturated heterocycles. The standard InChI is InChI=1S/C19H21F3N2O3/c1-3-26-16-8-4-14(5-9-16)12-24(2)13-18(25)23-15-6-10-17(11-7-15)27-19(20,21)22/h4-11H,3,12-13H2,1-2H3,(H,23,25)/p+1. The van der Waals surface area contributed by atoms with Crippen molar-refractivity contribution in [3.8, 4) is 11.5 Å². The van der Waals surface area contributed by atoms with Crippen LogP contribution in [0.2, 0.25) is 0 Å². The van der Waals surface area contributed by atoms with Crippen molar-refractivity contribution >= 4 is 11.6 Å². The van der Waals surface area contributed by atoms with Gasteiger partial charge in [0.1, 0.15) is 18.0 Å². The molecule has 2 N–H and O–H groups in total. The van der Waals surface area contributed by atoms with Crippen LogP contribution >= 0.6 is 0 Å². The lowest BCUT2D eigenvalue weighted by atomic mass is 10.2. The van der Waals surface area contributed by atoms with Crippen molar-refractivity contribution in [2.75, 3.05) is 25.5 Å². The molecular weight excluding hydrogens is 361 g/mol. The first kappa shape index (κ1) is 20.6. The fourth-order valence-electron chi connectivity index (χ4n) is 2.50. The van der Waals surface area contributed by atoms with Crippen molar-refractivity contribution in [1.82, 2.24) is 0 Å². The quantitative estimate of drug-likeness (QED) is 0.737. The maximum absolute atomic E-state index is 12.1. The first-order chi connectivity index (χ1) is 12.7. The van der Waals surface area contributed by atoms with Crippen LogP contribution < -0.4 is 19.7 Å². The van der Waals surface area contributed by atoms with Gasteiger partial charge in [-0.2, -0.15) is 0 Å². The highest BCUT2D eigenvalue weighted by molar-refractivity contribution is 5.91. The minimum absolute atomic E-state index is 0.216. The van der Waals surface area contributed by atoms with E-state index in [1.54, 1.807) is 0 Å². The Labute approximate surface area is 155 Å². The van der Waals surface area contributed by atoms with Gasteiger partial charge in [0, 0.05) is 11.3 Å². The topological polar surface area (TPSA) is 52.0 Å². The van der Waals surface area contributed by atoms with E-state index in [0.717, 1.165) is 28.3 Å². The number of nitrogens with one attached hydrogen (secondary N) is 2. The lowest BCUT2D eigenvalue weighted by Gasteiger charge is -2.14. The molecule has 2 aromatic carbocycles. The highest BCUT2D eigenvalue weighted by Gasteiger charge is 2.30. The van der Waals surface area contributed by atoms with Crippen molar-refractivity contribution in [1.29, 1.82) is 0 Å². The Bertz CT molecular complexity index is 731. The molecule has 2 aromatic rings. The van der Waals surface area contributed by atoms with Gasteiger partial charge in [-0.25, -0.2) is 0 Å². The Balaban J connectivity index is 1.82. The molecule has 0 bridgehead atoms. The van der Waals surface area contributed by atoms with Crippen molar-refractivity contribution in [2.24, 2.45) is 0 Å². The third-order valence-corrected chi connectivity index (χ3v) is 3.57. The number of anilines is 1. The Kier molecular flexibility index (Phi) is 7.06. The van der Waals surface area contributed by atoms with Gasteiger partial charge in [0.25, 0.3) is 5.91 Å². The van der Waals surface area contributed by atoms with Crippen molar-refractivity contribution in [3.63, 3.8) is 0 Å². The van der Waals surface area contributed by atoms with Gasteiger partial charge < -0.3 is 19.7 Å². The molecular formula is C19H22F3N2O3+. The highest BCUT2D eigenvalue weighted by Crippen LogP contribution is 2.23. The van der Waals surface area contributed by atoms with Gasteiger partial charge in [-0.05, 0) is 55.5 Å². The maximum atomic E-state index is 12.1. The lowest BCUT2D eigenvalue weighted by molar-refractivity contribution is -0.885. The fourth-order valence-corrected chi connectivity index (χ4v) is 2.50. The minimum Gasteiger partial charge on any atom is -0.494 e. The number of rotatable bonds is 8. The second-order valence-corrected chi connectivity index (χ2v) is 6.01. The number of alkyl halides is 3. The van der Waals surface area contributed by atoms with Gasteiger partial charge in [0.15, 0.2) is 6.54 Å². The third-order valence-electron chi connectivity index (χ3n) is 3.57. The van der Waals surface area contributed by atoms with Crippen LogP contribution in [0.4, 0.5) is 18.9 Å². The SMILES string of the molecule is CCOc1ccc(C[NH+](C)CC(=O)Nc2ccc(OC(F)(F)F)cc2)cc1. The van der Waals surface area contributed by atoms with Crippen LogP contribution in [0.1, 0.15) is 12.5 Å². The second kappa shape index (κ2) is 9.27. The van der Waals surface area contributed by atoms with Crippen molar-refractivity contribution in [3.05, 3.63) is 54.1 Å². The zero-order valence-electron chi connectivity index (χ0n) is 15.1. The highest BCUT2D eigenvalue weighted by atomic mass is 19.4. The number of carbonyl (C=O) groups excluding carboxylic acids is 1. The molecule has 8 heteroatoms. The molecule has 0 spiro atoms. The van der Waals surface area contributed by atoms with Gasteiger partial charge in [0.2, 0.25) is 0 Å². The number of amides is 1. The number of hydrogen-bond acceptors (Lipinski definition) is 3. The number of hydrogen-bond donors (Lipinski definition) is 2. The first-order valence-electron chi connectivity index (χ1n) is 8.44. The lowest BCUT2D eigenvalue weighted by Crippen LogP contribution is -3.08. The van der Waals surface area contributed by atoms with Crippen molar-refractivity contribution < 1.29 is 32.3 Å². The van der Waals surface area contributed by atoms with E-state index >= 15 is 0 Å². The summed E-state index contributed by atoms with van der Waals surface area (Å²) in [6, 6.07) is 12.7. The molecule has 0 fully saturated rings. The van der Waals surface area contributed by atoms with E-state index in [4.69, 9.17) is 4.74 Å². The maximum Gasteiger partial charge on any atom is 0.573 e. The number of ether oxygens (including phenoxy) is 2. The van der Waals surface area contributed by atoms with E-state index in [1.807, 2.05) is 38.2 Å². The molecule has 2 rings (SSSR count). The molecule has 0 radical (unpaired) electrons. The summed E-state index contributed by atoms with van der Waals surface area (Å²) in [6.45, 7) is 3.39. The Hall–Kier alpha value is -2.74. The van der Waals surface area contributed by atoms with Crippen LogP contribution in [-0.4, -0.2) is 32.5 Å². The zero-order chi connectivity index (χ0) is 19.9. The molecule has 1 unspecified atom stereocenters. The van der Waals surface area contributed by atoms with Crippen LogP contribution in [0.15, 0.2) is 48.5 Å². The first-order valence-corrected chi connectivity index (χ1v) is 8.44. The van der Waals surface area contributed by atoms with Crippen LogP contribution in [0.3, 0.4) is 0 Å². The van der Waals surface area contributed by atoms with Gasteiger partial charge in [-0.3, -0.25) is 4.79 Å². The molecule has 27 heavy (non-hydrogen) atoms. The molecule has 0 aliphatic carbocycles. The summed E-state index contributed by atoms with van der Waals surface area (Å²) in [5, 5.41) is 2.66. The minimum atomic E-state index is -4.74. The Morgan fingerprint density at radius 2 is 1.63 bits per heavy atom. The summed E-state index contributed by atoms with van der Waals surface area (Å²) in [5.41, 5.74) is 1.47. The van der Waals surface area contributed by atoms with Gasteiger partial charge in [0.05, 0.1) is 13.7 Å². The van der Waals surface area contributed by atoms with E-state index in [2.05, 4.69) is 10.1 Å². The molecule has 0 aliphatic heterocycles. The van der Waals surface area contributed by atoms with Crippen LogP contribution in [0.5, 0.6) is 11.5 Å². The zero-order valence-corrected chi connectivity index (χ0v) is 15.1. The van der Waals surface area contributed by atoms with E-state index in [-0.39, 0.29) is 18.2 Å². The van der Waals surface area contributed by atoms with Gasteiger partial charge in [-0.15, -0.1) is 13.2 Å². The van der Waals surface area contributed by atoms with E-state index in [9.17, 15) is 18.0 Å². The van der Waals surface area contributed by atoms with E-state index in [0.29, 0.717) is 18.8 Å². The number of benzene rings is 2. The summed E-state index contributed by atoms with van der Waals surface area (Å²) in [4.78, 5) is 13.1. The van der Waals surface area contributed by atoms with E-state index in [1.165, 1.54) is 12.1 Å². The van der Waals surface area contributed by atoms with Crippen LogP contribution in [0.25, 0.3) is 0 Å². The molecule has 1 atom stereocenters. The number of likely N-dealkylation sites (N-methyl/N-ethyl adjacent to an activating group) is 1. The predicted octanol–water partition coefficient (Wildman–Crippen LogP) is 2.64. The largest absolute Gasteiger partial charge is 0.573 e. The van der Waals surface area contributed by atoms with E-state index < -0.39 is 6.36 Å². The summed E-state index contributed by atoms with van der Waals surface area (Å²) < 4.78 is 45.6. The third kappa shape index (κ3) is 7.57. The van der Waals surface area contributed by atoms with Gasteiger partial charge >= 0.3 is 6.36 Å². The Morgan fingerprint density at radius 3 is 2.19 bits per heavy atom. The normalized spacial score (nSPS) is 12.3. The fraction of sp³-hybridized carbons (Fsp3) is 0.316. The average molecular weight is 383 g/mol. The van der Waals surface area contributed by atoms with Gasteiger partial charge in [-0.1, -0.05) is 0 Å². The predicted molar refractivity (Wildman–Crippen MR) is 94.8 cm³/mol. The summed E-state index contributed by atoms with van der Waals surface area (Å²) in [7, 11) is 1.89. The monoisotopic (exact) mass is 383 g/mol. The van der Waals surface area contributed by atoms with Crippen LogP contribution in [0, 0.1) is 0 Å². The number of halogens is 3. The summed E-state index contributed by atoms with van der Waals surface area (Å²) >= 11 is 0. The van der Waals surface area contributed by atoms with Crippen molar-refractivity contribution in [2.45, 2.75) is 19.8 Å². The molecule has 5 nitrogen and oxygen atoms in total. The molecule has 0 aliphatic rings. The molecule has 0 aromatic heterocycles. The summed E-state index contributed by atoms with van der Waals surface area (Å²) in [6.07, 6.45) is -4.74. The number of carbonyl (C=O) groups is 1. The van der Waals surface area contributed by atoms with Crippen LogP contribution in [-0.2, 0) is 11.3 Å². The summed E-state index contributed by atoms with van der Waals surface area (Å²) in [5.74, 6) is 0.233. The molecule has 146 valence electrons.